The number of likely N-dealkylation sites (tertiary alicyclic amines) is 1. The summed E-state index contributed by atoms with van der Waals surface area (Å²) in [4.78, 5) is 26.3. The molecular formula is C18H22ClN3O3. The van der Waals surface area contributed by atoms with Crippen LogP contribution in [0.4, 0.5) is 0 Å². The summed E-state index contributed by atoms with van der Waals surface area (Å²) in [5.74, 6) is -0.231. The smallest absolute Gasteiger partial charge is 0.287 e. The number of nitrogens with one attached hydrogen (secondary N) is 1. The average molecular weight is 364 g/mol. The number of rotatable bonds is 4. The predicted octanol–water partition coefficient (Wildman–Crippen LogP) is 1.77. The maximum atomic E-state index is 12.6. The van der Waals surface area contributed by atoms with E-state index in [4.69, 9.17) is 10.2 Å². The third-order valence-corrected chi connectivity index (χ3v) is 4.37. The normalized spacial score (nSPS) is 20.6. The molecule has 3 atom stereocenters. The van der Waals surface area contributed by atoms with Crippen molar-refractivity contribution in [3.05, 3.63) is 60.1 Å². The van der Waals surface area contributed by atoms with Crippen molar-refractivity contribution in [2.45, 2.75) is 24.9 Å². The monoisotopic (exact) mass is 363 g/mol. The number of nitrogens with zero attached hydrogens (tertiary/aromatic N) is 1. The number of hydrogen-bond donors (Lipinski definition) is 2. The predicted molar refractivity (Wildman–Crippen MR) is 96.6 cm³/mol. The van der Waals surface area contributed by atoms with E-state index in [1.807, 2.05) is 30.3 Å². The summed E-state index contributed by atoms with van der Waals surface area (Å²) in [6.07, 6.45) is 1.42. The Morgan fingerprint density at radius 3 is 2.56 bits per heavy atom. The minimum absolute atomic E-state index is 0. The highest BCUT2D eigenvalue weighted by molar-refractivity contribution is 5.95. The lowest BCUT2D eigenvalue weighted by Gasteiger charge is -2.21. The molecule has 1 aromatic carbocycles. The van der Waals surface area contributed by atoms with Gasteiger partial charge in [0.2, 0.25) is 5.91 Å². The Hall–Kier alpha value is -2.31. The largest absolute Gasteiger partial charge is 0.459 e. The van der Waals surface area contributed by atoms with Crippen LogP contribution in [0.1, 0.15) is 29.0 Å². The van der Waals surface area contributed by atoms with Gasteiger partial charge in [-0.15, -0.1) is 12.4 Å². The van der Waals surface area contributed by atoms with Crippen molar-refractivity contribution in [2.24, 2.45) is 5.73 Å². The molecule has 6 nitrogen and oxygen atoms in total. The van der Waals surface area contributed by atoms with Crippen LogP contribution < -0.4 is 11.1 Å². The molecule has 1 saturated heterocycles. The lowest BCUT2D eigenvalue weighted by molar-refractivity contribution is -0.131. The van der Waals surface area contributed by atoms with Crippen molar-refractivity contribution in [1.29, 1.82) is 0 Å². The van der Waals surface area contributed by atoms with Crippen LogP contribution >= 0.6 is 12.4 Å². The Labute approximate surface area is 152 Å². The van der Waals surface area contributed by atoms with Gasteiger partial charge in [0.25, 0.3) is 5.91 Å². The molecule has 0 aliphatic carbocycles. The highest BCUT2D eigenvalue weighted by Gasteiger charge is 2.35. The molecule has 0 saturated carbocycles. The molecule has 2 heterocycles. The summed E-state index contributed by atoms with van der Waals surface area (Å²) in [5.41, 5.74) is 7.35. The minimum atomic E-state index is -0.635. The van der Waals surface area contributed by atoms with E-state index in [1.54, 1.807) is 24.0 Å². The Bertz CT molecular complexity index is 706. The average Bonchev–Trinajstić information content (AvgIpc) is 3.24. The van der Waals surface area contributed by atoms with Crippen molar-refractivity contribution >= 4 is 24.2 Å². The summed E-state index contributed by atoms with van der Waals surface area (Å²) >= 11 is 0. The van der Waals surface area contributed by atoms with Crippen molar-refractivity contribution in [3.63, 3.8) is 0 Å². The molecule has 1 aromatic heterocycles. The maximum absolute atomic E-state index is 12.6. The third-order valence-electron chi connectivity index (χ3n) is 4.37. The second-order valence-corrected chi connectivity index (χ2v) is 6.10. The van der Waals surface area contributed by atoms with E-state index < -0.39 is 11.9 Å². The van der Waals surface area contributed by atoms with Gasteiger partial charge < -0.3 is 20.4 Å². The lowest BCUT2D eigenvalue weighted by Crippen LogP contribution is -2.46. The summed E-state index contributed by atoms with van der Waals surface area (Å²) < 4.78 is 5.04. The van der Waals surface area contributed by atoms with E-state index in [1.165, 1.54) is 6.26 Å². The zero-order valence-corrected chi connectivity index (χ0v) is 14.7. The number of nitrogens with two attached hydrogens (primary N) is 1. The van der Waals surface area contributed by atoms with Crippen molar-refractivity contribution in [3.8, 4) is 0 Å². The van der Waals surface area contributed by atoms with E-state index in [2.05, 4.69) is 5.32 Å². The maximum Gasteiger partial charge on any atom is 0.287 e. The molecule has 1 fully saturated rings. The standard InChI is InChI=1S/C18H21N3O3.ClH/c1-12(20-17(22)16-8-5-9-24-16)18(23)21-10-14(15(19)11-21)13-6-3-2-4-7-13;/h2-9,12,14-15H,10-11,19H2,1H3,(H,20,22);1H/t12?,14-,15+;/m0./s1. The van der Waals surface area contributed by atoms with Gasteiger partial charge in [-0.1, -0.05) is 30.3 Å². The topological polar surface area (TPSA) is 88.6 Å². The fraction of sp³-hybridized carbons (Fsp3) is 0.333. The summed E-state index contributed by atoms with van der Waals surface area (Å²) in [5, 5.41) is 2.66. The Morgan fingerprint density at radius 2 is 1.92 bits per heavy atom. The van der Waals surface area contributed by atoms with Crippen LogP contribution in [0.3, 0.4) is 0 Å². The molecule has 1 aliphatic heterocycles. The fourth-order valence-corrected chi connectivity index (χ4v) is 3.07. The van der Waals surface area contributed by atoms with Gasteiger partial charge in [0, 0.05) is 25.0 Å². The fourth-order valence-electron chi connectivity index (χ4n) is 3.07. The SMILES string of the molecule is CC(NC(=O)c1ccco1)C(=O)N1C[C@@H](N)[C@H](c2ccccc2)C1.Cl. The Morgan fingerprint density at radius 1 is 1.20 bits per heavy atom. The first-order valence-electron chi connectivity index (χ1n) is 8.00. The lowest BCUT2D eigenvalue weighted by atomic mass is 9.95. The highest BCUT2D eigenvalue weighted by Crippen LogP contribution is 2.26. The molecular weight excluding hydrogens is 342 g/mol. The van der Waals surface area contributed by atoms with E-state index in [0.717, 1.165) is 5.56 Å². The summed E-state index contributed by atoms with van der Waals surface area (Å²) in [6.45, 7) is 2.72. The quantitative estimate of drug-likeness (QED) is 0.866. The molecule has 2 aromatic rings. The molecule has 0 bridgehead atoms. The minimum Gasteiger partial charge on any atom is -0.459 e. The summed E-state index contributed by atoms with van der Waals surface area (Å²) in [7, 11) is 0. The molecule has 0 spiro atoms. The van der Waals surface area contributed by atoms with Crippen molar-refractivity contribution in [2.75, 3.05) is 13.1 Å². The van der Waals surface area contributed by atoms with Crippen molar-refractivity contribution in [1.82, 2.24) is 10.2 Å². The number of amides is 2. The number of carbonyl (C=O) groups excluding carboxylic acids is 2. The van der Waals surface area contributed by atoms with Gasteiger partial charge in [-0.05, 0) is 24.6 Å². The van der Waals surface area contributed by atoms with Gasteiger partial charge in [0.1, 0.15) is 6.04 Å². The molecule has 3 rings (SSSR count). The van der Waals surface area contributed by atoms with Gasteiger partial charge >= 0.3 is 0 Å². The molecule has 134 valence electrons. The number of furan rings is 1. The van der Waals surface area contributed by atoms with Gasteiger partial charge in [-0.3, -0.25) is 9.59 Å². The molecule has 0 radical (unpaired) electrons. The zero-order valence-electron chi connectivity index (χ0n) is 13.9. The third kappa shape index (κ3) is 4.21. The van der Waals surface area contributed by atoms with Crippen LogP contribution in [0.25, 0.3) is 0 Å². The van der Waals surface area contributed by atoms with Crippen LogP contribution in [0.15, 0.2) is 53.1 Å². The van der Waals surface area contributed by atoms with Gasteiger partial charge in [0.05, 0.1) is 6.26 Å². The first kappa shape index (κ1) is 19.0. The molecule has 2 amide bonds. The van der Waals surface area contributed by atoms with Crippen LogP contribution in [0.2, 0.25) is 0 Å². The van der Waals surface area contributed by atoms with Crippen LogP contribution in [0, 0.1) is 0 Å². The van der Waals surface area contributed by atoms with E-state index in [-0.39, 0.29) is 36.0 Å². The Balaban J connectivity index is 0.00000225. The number of halogens is 1. The van der Waals surface area contributed by atoms with E-state index in [9.17, 15) is 9.59 Å². The molecule has 25 heavy (non-hydrogen) atoms. The second kappa shape index (κ2) is 8.18. The first-order chi connectivity index (χ1) is 11.6. The van der Waals surface area contributed by atoms with E-state index >= 15 is 0 Å². The number of benzene rings is 1. The van der Waals surface area contributed by atoms with Gasteiger partial charge in [0.15, 0.2) is 5.76 Å². The zero-order chi connectivity index (χ0) is 17.1. The number of carbonyl (C=O) groups is 2. The summed E-state index contributed by atoms with van der Waals surface area (Å²) in [6, 6.07) is 12.4. The van der Waals surface area contributed by atoms with Crippen molar-refractivity contribution < 1.29 is 14.0 Å². The van der Waals surface area contributed by atoms with Crippen LogP contribution in [-0.2, 0) is 4.79 Å². The Kier molecular flexibility index (Phi) is 6.22. The highest BCUT2D eigenvalue weighted by atomic mass is 35.5. The molecule has 1 unspecified atom stereocenters. The number of hydrogen-bond acceptors (Lipinski definition) is 4. The molecule has 1 aliphatic rings. The van der Waals surface area contributed by atoms with Crippen LogP contribution in [0.5, 0.6) is 0 Å². The van der Waals surface area contributed by atoms with E-state index in [0.29, 0.717) is 13.1 Å². The van der Waals surface area contributed by atoms with Gasteiger partial charge in [-0.2, -0.15) is 0 Å². The van der Waals surface area contributed by atoms with Gasteiger partial charge in [-0.25, -0.2) is 0 Å². The van der Waals surface area contributed by atoms with Crippen LogP contribution in [-0.4, -0.2) is 41.9 Å². The molecule has 7 heteroatoms. The molecule has 3 N–H and O–H groups in total. The first-order valence-corrected chi connectivity index (χ1v) is 8.00. The second-order valence-electron chi connectivity index (χ2n) is 6.10.